The van der Waals surface area contributed by atoms with Gasteiger partial charge in [-0.3, -0.25) is 9.78 Å². The number of nitrogens with one attached hydrogen (secondary N) is 2. The monoisotopic (exact) mass is 493 g/mol. The van der Waals surface area contributed by atoms with Gasteiger partial charge < -0.3 is 27.0 Å². The van der Waals surface area contributed by atoms with E-state index < -0.39 is 11.6 Å². The standard InChI is InChI=1S/C26H29F2N7O/c1-31-22-12-32-9-7-23(22)35-13-17(25(21(30)14-35)33-10-8-29)11-16-3-2-4-19(27)24(16)26-20(28)6-5-18(15-36)34-26/h2-10,12,15,17,21,25,31,33H,11,13-14,29-30H2,1H3/b10-8-. The van der Waals surface area contributed by atoms with Crippen molar-refractivity contribution in [3.63, 3.8) is 0 Å². The second kappa shape index (κ2) is 11.1. The number of rotatable bonds is 8. The molecule has 8 nitrogen and oxygen atoms in total. The lowest BCUT2D eigenvalue weighted by Crippen LogP contribution is -2.61. The van der Waals surface area contributed by atoms with Gasteiger partial charge >= 0.3 is 0 Å². The Morgan fingerprint density at radius 2 is 2.00 bits per heavy atom. The van der Waals surface area contributed by atoms with Crippen LogP contribution in [0.3, 0.4) is 0 Å². The number of halogens is 2. The number of piperidine rings is 1. The fourth-order valence-corrected chi connectivity index (χ4v) is 4.84. The van der Waals surface area contributed by atoms with Gasteiger partial charge in [-0.15, -0.1) is 0 Å². The lowest BCUT2D eigenvalue weighted by molar-refractivity contribution is 0.111. The molecular weight excluding hydrogens is 464 g/mol. The average molecular weight is 494 g/mol. The summed E-state index contributed by atoms with van der Waals surface area (Å²) < 4.78 is 29.9. The van der Waals surface area contributed by atoms with Crippen LogP contribution in [0.5, 0.6) is 0 Å². The maximum atomic E-state index is 15.1. The van der Waals surface area contributed by atoms with E-state index in [1.54, 1.807) is 30.7 Å². The van der Waals surface area contributed by atoms with E-state index in [1.807, 2.05) is 13.1 Å². The number of nitrogens with zero attached hydrogens (tertiary/aromatic N) is 3. The van der Waals surface area contributed by atoms with Crippen molar-refractivity contribution in [3.8, 4) is 11.3 Å². The molecule has 1 fully saturated rings. The Hall–Kier alpha value is -4.05. The molecule has 0 spiro atoms. The number of aldehydes is 1. The number of hydrogen-bond acceptors (Lipinski definition) is 8. The van der Waals surface area contributed by atoms with Crippen molar-refractivity contribution in [2.45, 2.75) is 18.5 Å². The Morgan fingerprint density at radius 1 is 1.17 bits per heavy atom. The summed E-state index contributed by atoms with van der Waals surface area (Å²) in [6.45, 7) is 1.15. The molecule has 0 bridgehead atoms. The van der Waals surface area contributed by atoms with Crippen molar-refractivity contribution >= 4 is 17.7 Å². The van der Waals surface area contributed by atoms with Crippen molar-refractivity contribution in [1.82, 2.24) is 15.3 Å². The van der Waals surface area contributed by atoms with E-state index in [4.69, 9.17) is 11.5 Å². The molecule has 4 rings (SSSR count). The van der Waals surface area contributed by atoms with Gasteiger partial charge in [0.05, 0.1) is 17.6 Å². The highest BCUT2D eigenvalue weighted by Gasteiger charge is 2.36. The molecule has 1 aliphatic rings. The second-order valence-electron chi connectivity index (χ2n) is 8.69. The van der Waals surface area contributed by atoms with E-state index in [9.17, 15) is 9.18 Å². The number of nitrogens with two attached hydrogens (primary N) is 2. The SMILES string of the molecule is CNc1cnccc1N1CC(N)C(N/C=C\N)C(Cc2cccc(F)c2-c2nc(C=O)ccc2F)C1. The van der Waals surface area contributed by atoms with Crippen LogP contribution in [-0.4, -0.2) is 48.5 Å². The van der Waals surface area contributed by atoms with Crippen LogP contribution in [0, 0.1) is 17.6 Å². The molecule has 1 aromatic carbocycles. The van der Waals surface area contributed by atoms with Crippen LogP contribution in [0.4, 0.5) is 20.2 Å². The third kappa shape index (κ3) is 5.13. The van der Waals surface area contributed by atoms with E-state index in [2.05, 4.69) is 25.5 Å². The number of anilines is 2. The molecular formula is C26H29F2N7O. The molecule has 3 aromatic rings. The minimum Gasteiger partial charge on any atom is -0.403 e. The van der Waals surface area contributed by atoms with Gasteiger partial charge in [0.25, 0.3) is 0 Å². The Bertz CT molecular complexity index is 1250. The third-order valence-corrected chi connectivity index (χ3v) is 6.46. The first kappa shape index (κ1) is 25.1. The number of hydrogen-bond donors (Lipinski definition) is 4. The molecule has 0 radical (unpaired) electrons. The summed E-state index contributed by atoms with van der Waals surface area (Å²) in [5.74, 6) is -1.43. The molecule has 188 valence electrons. The zero-order valence-electron chi connectivity index (χ0n) is 19.9. The summed E-state index contributed by atoms with van der Waals surface area (Å²) in [6.07, 6.45) is 7.39. The van der Waals surface area contributed by atoms with Crippen LogP contribution < -0.4 is 27.0 Å². The Balaban J connectivity index is 1.74. The number of benzene rings is 1. The summed E-state index contributed by atoms with van der Waals surface area (Å²) >= 11 is 0. The van der Waals surface area contributed by atoms with Crippen LogP contribution >= 0.6 is 0 Å². The Kier molecular flexibility index (Phi) is 7.74. The molecule has 10 heteroatoms. The van der Waals surface area contributed by atoms with E-state index >= 15 is 4.39 Å². The molecule has 3 heterocycles. The zero-order chi connectivity index (χ0) is 25.7. The molecule has 1 aliphatic heterocycles. The lowest BCUT2D eigenvalue weighted by atomic mass is 9.82. The first-order valence-electron chi connectivity index (χ1n) is 11.6. The van der Waals surface area contributed by atoms with Gasteiger partial charge in [-0.05, 0) is 36.2 Å². The van der Waals surface area contributed by atoms with Crippen LogP contribution in [-0.2, 0) is 6.42 Å². The van der Waals surface area contributed by atoms with Gasteiger partial charge in [0.15, 0.2) is 6.29 Å². The van der Waals surface area contributed by atoms with Crippen molar-refractivity contribution in [2.24, 2.45) is 17.4 Å². The zero-order valence-corrected chi connectivity index (χ0v) is 19.9. The summed E-state index contributed by atoms with van der Waals surface area (Å²) in [7, 11) is 1.83. The van der Waals surface area contributed by atoms with Gasteiger partial charge in [-0.2, -0.15) is 0 Å². The molecule has 1 saturated heterocycles. The highest BCUT2D eigenvalue weighted by molar-refractivity contribution is 5.75. The number of carbonyl (C=O) groups excluding carboxylic acids is 1. The Labute approximate surface area is 208 Å². The van der Waals surface area contributed by atoms with Crippen LogP contribution in [0.15, 0.2) is 61.2 Å². The predicted molar refractivity (Wildman–Crippen MR) is 136 cm³/mol. The van der Waals surface area contributed by atoms with E-state index in [0.29, 0.717) is 31.4 Å². The number of pyridine rings is 2. The number of aromatic nitrogens is 2. The summed E-state index contributed by atoms with van der Waals surface area (Å²) in [5.41, 5.74) is 14.4. The maximum Gasteiger partial charge on any atom is 0.168 e. The predicted octanol–water partition coefficient (Wildman–Crippen LogP) is 2.67. The van der Waals surface area contributed by atoms with Crippen molar-refractivity contribution in [1.29, 1.82) is 0 Å². The Morgan fingerprint density at radius 3 is 2.75 bits per heavy atom. The van der Waals surface area contributed by atoms with Crippen LogP contribution in [0.25, 0.3) is 11.3 Å². The summed E-state index contributed by atoms with van der Waals surface area (Å²) in [4.78, 5) is 21.7. The smallest absolute Gasteiger partial charge is 0.168 e. The largest absolute Gasteiger partial charge is 0.403 e. The highest BCUT2D eigenvalue weighted by atomic mass is 19.1. The van der Waals surface area contributed by atoms with Gasteiger partial charge in [-0.1, -0.05) is 12.1 Å². The quantitative estimate of drug-likeness (QED) is 0.354. The molecule has 2 aromatic heterocycles. The van der Waals surface area contributed by atoms with Crippen LogP contribution in [0.2, 0.25) is 0 Å². The van der Waals surface area contributed by atoms with Crippen molar-refractivity contribution < 1.29 is 13.6 Å². The fourth-order valence-electron chi connectivity index (χ4n) is 4.84. The first-order valence-corrected chi connectivity index (χ1v) is 11.6. The molecule has 6 N–H and O–H groups in total. The van der Waals surface area contributed by atoms with Crippen molar-refractivity contribution in [2.75, 3.05) is 30.4 Å². The molecule has 36 heavy (non-hydrogen) atoms. The molecule has 0 saturated carbocycles. The molecule has 0 aliphatic carbocycles. The summed E-state index contributed by atoms with van der Waals surface area (Å²) in [5, 5.41) is 6.44. The minimum atomic E-state index is -0.704. The van der Waals surface area contributed by atoms with Crippen molar-refractivity contribution in [3.05, 3.63) is 84.1 Å². The molecule has 0 amide bonds. The number of carbonyl (C=O) groups is 1. The molecule has 3 unspecified atom stereocenters. The van der Waals surface area contributed by atoms with Gasteiger partial charge in [0.2, 0.25) is 0 Å². The third-order valence-electron chi connectivity index (χ3n) is 6.46. The van der Waals surface area contributed by atoms with E-state index in [-0.39, 0.29) is 35.0 Å². The van der Waals surface area contributed by atoms with E-state index in [1.165, 1.54) is 18.3 Å². The van der Waals surface area contributed by atoms with Crippen LogP contribution in [0.1, 0.15) is 16.1 Å². The normalized spacial score (nSPS) is 19.9. The van der Waals surface area contributed by atoms with E-state index in [0.717, 1.165) is 17.4 Å². The average Bonchev–Trinajstić information content (AvgIpc) is 2.89. The highest BCUT2D eigenvalue weighted by Crippen LogP contribution is 2.34. The van der Waals surface area contributed by atoms with Gasteiger partial charge in [-0.25, -0.2) is 13.8 Å². The topological polar surface area (TPSA) is 122 Å². The summed E-state index contributed by atoms with van der Waals surface area (Å²) in [6, 6.07) is 8.42. The lowest BCUT2D eigenvalue weighted by Gasteiger charge is -2.44. The molecule has 3 atom stereocenters. The maximum absolute atomic E-state index is 15.1. The van der Waals surface area contributed by atoms with Gasteiger partial charge in [0, 0.05) is 62.3 Å². The second-order valence-corrected chi connectivity index (χ2v) is 8.69. The first-order chi connectivity index (χ1) is 17.5. The van der Waals surface area contributed by atoms with Gasteiger partial charge in [0.1, 0.15) is 23.0 Å². The minimum absolute atomic E-state index is 0.0244. The fraction of sp³-hybridized carbons (Fsp3) is 0.269.